The molecule has 0 aromatic heterocycles. The molecule has 0 atom stereocenters. The highest BCUT2D eigenvalue weighted by Gasteiger charge is 2.00. The maximum absolute atomic E-state index is 10.3. The van der Waals surface area contributed by atoms with Crippen molar-refractivity contribution in [2.45, 2.75) is 96.8 Å². The van der Waals surface area contributed by atoms with Gasteiger partial charge in [-0.1, -0.05) is 84.0 Å². The summed E-state index contributed by atoms with van der Waals surface area (Å²) in [7, 11) is -4.64. The molecule has 0 unspecified atom stereocenters. The molecule has 23 heavy (non-hydrogen) atoms. The van der Waals surface area contributed by atoms with E-state index in [1.54, 1.807) is 0 Å². The van der Waals surface area contributed by atoms with Crippen molar-refractivity contribution >= 4 is 13.8 Å². The van der Waals surface area contributed by atoms with Crippen LogP contribution in [0.4, 0.5) is 0 Å². The maximum Gasteiger partial charge on any atom is 0.466 e. The van der Waals surface area contributed by atoms with Crippen LogP contribution >= 0.6 is 7.82 Å². The monoisotopic (exact) mass is 354 g/mol. The number of phosphoric acid groups is 1. The zero-order chi connectivity index (χ0) is 18.0. The van der Waals surface area contributed by atoms with E-state index in [9.17, 15) is 4.79 Å². The van der Waals surface area contributed by atoms with Gasteiger partial charge in [0.05, 0.1) is 0 Å². The molecule has 0 rings (SSSR count). The third kappa shape index (κ3) is 38.9. The summed E-state index contributed by atoms with van der Waals surface area (Å²) in [6, 6.07) is 0. The Morgan fingerprint density at radius 2 is 0.957 bits per heavy atom. The third-order valence-corrected chi connectivity index (χ3v) is 3.49. The lowest BCUT2D eigenvalue weighted by Crippen LogP contribution is -1.93. The van der Waals surface area contributed by atoms with Crippen LogP contribution in [0.1, 0.15) is 96.8 Å². The molecule has 140 valence electrons. The Bertz CT molecular complexity index is 295. The van der Waals surface area contributed by atoms with Crippen molar-refractivity contribution in [1.29, 1.82) is 0 Å². The van der Waals surface area contributed by atoms with Crippen molar-refractivity contribution in [3.8, 4) is 0 Å². The molecule has 0 saturated heterocycles. The zero-order valence-corrected chi connectivity index (χ0v) is 15.3. The number of carboxylic acids is 1. The van der Waals surface area contributed by atoms with Gasteiger partial charge in [-0.25, -0.2) is 4.57 Å². The summed E-state index contributed by atoms with van der Waals surface area (Å²) >= 11 is 0. The molecule has 0 aromatic carbocycles. The fraction of sp³-hybridized carbons (Fsp3) is 0.938. The van der Waals surface area contributed by atoms with Gasteiger partial charge >= 0.3 is 13.8 Å². The third-order valence-electron chi connectivity index (χ3n) is 3.49. The van der Waals surface area contributed by atoms with Crippen molar-refractivity contribution in [3.05, 3.63) is 0 Å². The molecule has 0 bridgehead atoms. The molecule has 0 aliphatic carbocycles. The van der Waals surface area contributed by atoms with Crippen LogP contribution in [0.25, 0.3) is 0 Å². The molecule has 0 amide bonds. The SMILES string of the molecule is CCCCCCCCCCCCCCCC(=O)O.O=P(O)(O)O. The molecule has 0 spiro atoms. The molecular formula is C16H35O6P. The number of hydrogen-bond donors (Lipinski definition) is 4. The van der Waals surface area contributed by atoms with Crippen LogP contribution in [-0.4, -0.2) is 25.8 Å². The van der Waals surface area contributed by atoms with Gasteiger partial charge in [-0.3, -0.25) is 4.79 Å². The Morgan fingerprint density at radius 1 is 0.696 bits per heavy atom. The minimum atomic E-state index is -4.64. The Kier molecular flexibility index (Phi) is 19.4. The summed E-state index contributed by atoms with van der Waals surface area (Å²) in [5.41, 5.74) is 0. The van der Waals surface area contributed by atoms with E-state index in [4.69, 9.17) is 24.4 Å². The molecule has 0 saturated carbocycles. The highest BCUT2D eigenvalue weighted by Crippen LogP contribution is 2.25. The molecule has 0 aliphatic rings. The highest BCUT2D eigenvalue weighted by atomic mass is 31.2. The molecule has 0 aliphatic heterocycles. The second kappa shape index (κ2) is 17.9. The van der Waals surface area contributed by atoms with E-state index in [0.717, 1.165) is 12.8 Å². The Morgan fingerprint density at radius 3 is 1.22 bits per heavy atom. The van der Waals surface area contributed by atoms with Crippen molar-refractivity contribution in [1.82, 2.24) is 0 Å². The summed E-state index contributed by atoms with van der Waals surface area (Å²) < 4.78 is 8.88. The van der Waals surface area contributed by atoms with E-state index in [0.29, 0.717) is 6.42 Å². The van der Waals surface area contributed by atoms with E-state index in [1.165, 1.54) is 70.6 Å². The van der Waals surface area contributed by atoms with Crippen LogP contribution in [0.15, 0.2) is 0 Å². The van der Waals surface area contributed by atoms with E-state index in [-0.39, 0.29) is 0 Å². The fourth-order valence-corrected chi connectivity index (χ4v) is 2.29. The lowest BCUT2D eigenvalue weighted by molar-refractivity contribution is -0.137. The predicted octanol–water partition coefficient (Wildman–Crippen LogP) is 4.62. The minimum absolute atomic E-state index is 0.345. The average Bonchev–Trinajstić information content (AvgIpc) is 2.42. The van der Waals surface area contributed by atoms with Gasteiger partial charge in [-0.2, -0.15) is 0 Å². The fourth-order valence-electron chi connectivity index (χ4n) is 2.29. The number of carboxylic acid groups (broad SMARTS) is 1. The molecule has 0 radical (unpaired) electrons. The normalized spacial score (nSPS) is 11.0. The smallest absolute Gasteiger partial charge is 0.466 e. The Balaban J connectivity index is 0. The van der Waals surface area contributed by atoms with Gasteiger partial charge in [0, 0.05) is 6.42 Å². The number of hydrogen-bond acceptors (Lipinski definition) is 2. The van der Waals surface area contributed by atoms with E-state index in [2.05, 4.69) is 6.92 Å². The van der Waals surface area contributed by atoms with Gasteiger partial charge < -0.3 is 19.8 Å². The van der Waals surface area contributed by atoms with Crippen molar-refractivity contribution < 1.29 is 29.1 Å². The predicted molar refractivity (Wildman–Crippen MR) is 92.2 cm³/mol. The van der Waals surface area contributed by atoms with Crippen molar-refractivity contribution in [2.24, 2.45) is 0 Å². The van der Waals surface area contributed by atoms with Crippen LogP contribution in [0.2, 0.25) is 0 Å². The summed E-state index contributed by atoms with van der Waals surface area (Å²) in [6.45, 7) is 2.26. The first-order chi connectivity index (χ1) is 10.8. The van der Waals surface area contributed by atoms with Gasteiger partial charge in [0.1, 0.15) is 0 Å². The lowest BCUT2D eigenvalue weighted by atomic mass is 10.0. The van der Waals surface area contributed by atoms with Gasteiger partial charge in [-0.15, -0.1) is 0 Å². The topological polar surface area (TPSA) is 115 Å². The van der Waals surface area contributed by atoms with Crippen molar-refractivity contribution in [2.75, 3.05) is 0 Å². The quantitative estimate of drug-likeness (QED) is 0.267. The molecule has 0 fully saturated rings. The summed E-state index contributed by atoms with van der Waals surface area (Å²) in [4.78, 5) is 31.9. The second-order valence-electron chi connectivity index (χ2n) is 5.90. The molecule has 6 nitrogen and oxygen atoms in total. The number of carbonyl (C=O) groups is 1. The lowest BCUT2D eigenvalue weighted by Gasteiger charge is -2.02. The van der Waals surface area contributed by atoms with Gasteiger partial charge in [-0.05, 0) is 6.42 Å². The van der Waals surface area contributed by atoms with Crippen LogP contribution in [0, 0.1) is 0 Å². The zero-order valence-electron chi connectivity index (χ0n) is 14.5. The average molecular weight is 354 g/mol. The van der Waals surface area contributed by atoms with E-state index < -0.39 is 13.8 Å². The molecule has 7 heteroatoms. The van der Waals surface area contributed by atoms with Crippen LogP contribution in [0.5, 0.6) is 0 Å². The maximum atomic E-state index is 10.3. The number of aliphatic carboxylic acids is 1. The second-order valence-corrected chi connectivity index (χ2v) is 6.93. The van der Waals surface area contributed by atoms with Crippen LogP contribution < -0.4 is 0 Å². The van der Waals surface area contributed by atoms with Crippen LogP contribution in [0.3, 0.4) is 0 Å². The Hall–Kier alpha value is -0.420. The molecule has 0 heterocycles. The van der Waals surface area contributed by atoms with Crippen LogP contribution in [-0.2, 0) is 9.36 Å². The summed E-state index contributed by atoms with van der Waals surface area (Å²) in [5.74, 6) is -0.655. The van der Waals surface area contributed by atoms with E-state index >= 15 is 0 Å². The first-order valence-corrected chi connectivity index (χ1v) is 10.3. The van der Waals surface area contributed by atoms with Gasteiger partial charge in [0.15, 0.2) is 0 Å². The van der Waals surface area contributed by atoms with Gasteiger partial charge in [0.25, 0.3) is 0 Å². The van der Waals surface area contributed by atoms with E-state index in [1.807, 2.05) is 0 Å². The summed E-state index contributed by atoms with van der Waals surface area (Å²) in [6.07, 6.45) is 17.3. The first kappa shape index (κ1) is 24.8. The standard InChI is InChI=1S/C16H32O2.H3O4P/c1-2-3-4-5-6-7-8-9-10-11-12-13-14-15-16(17)18;1-5(2,3)4/h2-15H2,1H3,(H,17,18);(H3,1,2,3,4). The minimum Gasteiger partial charge on any atom is -0.481 e. The first-order valence-electron chi connectivity index (χ1n) is 8.77. The number of rotatable bonds is 14. The number of unbranched alkanes of at least 4 members (excludes halogenated alkanes) is 12. The summed E-state index contributed by atoms with van der Waals surface area (Å²) in [5, 5.41) is 8.49. The molecule has 4 N–H and O–H groups in total. The molecular weight excluding hydrogens is 319 g/mol. The van der Waals surface area contributed by atoms with Gasteiger partial charge in [0.2, 0.25) is 0 Å². The molecule has 0 aromatic rings. The largest absolute Gasteiger partial charge is 0.481 e. The van der Waals surface area contributed by atoms with Crippen molar-refractivity contribution in [3.63, 3.8) is 0 Å². The highest BCUT2D eigenvalue weighted by molar-refractivity contribution is 7.45. The Labute approximate surface area is 140 Å².